The summed E-state index contributed by atoms with van der Waals surface area (Å²) in [7, 11) is 1.48. The second-order valence-electron chi connectivity index (χ2n) is 4.87. The smallest absolute Gasteiger partial charge is 0.237 e. The summed E-state index contributed by atoms with van der Waals surface area (Å²) in [4.78, 5) is 12.2. The molecule has 0 aromatic heterocycles. The second kappa shape index (κ2) is 6.00. The molecule has 4 N–H and O–H groups in total. The van der Waals surface area contributed by atoms with Gasteiger partial charge in [0.15, 0.2) is 5.84 Å². The SMILES string of the molecule is COc1cc(Cl)c(C)cc1NC(=O)C(C)(C)C(N)=NO. The van der Waals surface area contributed by atoms with E-state index in [1.807, 2.05) is 6.92 Å². The van der Waals surface area contributed by atoms with Crippen molar-refractivity contribution in [2.45, 2.75) is 20.8 Å². The third kappa shape index (κ3) is 3.14. The van der Waals surface area contributed by atoms with Crippen molar-refractivity contribution in [3.05, 3.63) is 22.7 Å². The van der Waals surface area contributed by atoms with Gasteiger partial charge in [-0.25, -0.2) is 0 Å². The fourth-order valence-corrected chi connectivity index (χ4v) is 1.60. The maximum atomic E-state index is 12.2. The van der Waals surface area contributed by atoms with E-state index in [2.05, 4.69) is 10.5 Å². The van der Waals surface area contributed by atoms with Crippen LogP contribution in [0.3, 0.4) is 0 Å². The summed E-state index contributed by atoms with van der Waals surface area (Å²) in [6.07, 6.45) is 0. The van der Waals surface area contributed by atoms with Crippen LogP contribution in [0.25, 0.3) is 0 Å². The normalized spacial score (nSPS) is 12.2. The van der Waals surface area contributed by atoms with Crippen LogP contribution in [0.4, 0.5) is 5.69 Å². The van der Waals surface area contributed by atoms with Gasteiger partial charge in [0.25, 0.3) is 0 Å². The van der Waals surface area contributed by atoms with E-state index < -0.39 is 11.3 Å². The van der Waals surface area contributed by atoms with E-state index in [1.165, 1.54) is 7.11 Å². The minimum absolute atomic E-state index is 0.181. The number of hydrogen-bond acceptors (Lipinski definition) is 4. The molecule has 0 fully saturated rings. The topological polar surface area (TPSA) is 96.9 Å². The standard InChI is InChI=1S/C13H18ClN3O3/c1-7-5-9(10(20-4)6-8(7)14)16-12(18)13(2,3)11(15)17-19/h5-6,19H,1-4H3,(H2,15,17)(H,16,18). The Bertz CT molecular complexity index is 556. The third-order valence-electron chi connectivity index (χ3n) is 3.04. The number of rotatable bonds is 4. The molecule has 0 radical (unpaired) electrons. The summed E-state index contributed by atoms with van der Waals surface area (Å²) < 4.78 is 5.17. The number of amides is 1. The van der Waals surface area contributed by atoms with Crippen molar-refractivity contribution in [1.29, 1.82) is 0 Å². The fraction of sp³-hybridized carbons (Fsp3) is 0.385. The first-order valence-electron chi connectivity index (χ1n) is 5.87. The van der Waals surface area contributed by atoms with Gasteiger partial charge in [0.1, 0.15) is 11.2 Å². The van der Waals surface area contributed by atoms with Gasteiger partial charge in [-0.1, -0.05) is 16.8 Å². The Morgan fingerprint density at radius 3 is 2.60 bits per heavy atom. The Hall–Kier alpha value is -1.95. The molecule has 0 heterocycles. The molecule has 0 spiro atoms. The lowest BCUT2D eigenvalue weighted by molar-refractivity contribution is -0.121. The molecule has 0 aliphatic rings. The van der Waals surface area contributed by atoms with E-state index in [9.17, 15) is 4.79 Å². The molecule has 0 saturated carbocycles. The average Bonchev–Trinajstić information content (AvgIpc) is 2.41. The quantitative estimate of drug-likeness (QED) is 0.344. The third-order valence-corrected chi connectivity index (χ3v) is 3.45. The minimum atomic E-state index is -1.16. The Morgan fingerprint density at radius 1 is 1.50 bits per heavy atom. The number of nitrogens with two attached hydrogens (primary N) is 1. The highest BCUT2D eigenvalue weighted by molar-refractivity contribution is 6.31. The summed E-state index contributed by atoms with van der Waals surface area (Å²) in [5, 5.41) is 14.8. The van der Waals surface area contributed by atoms with Crippen molar-refractivity contribution in [2.24, 2.45) is 16.3 Å². The molecular formula is C13H18ClN3O3. The van der Waals surface area contributed by atoms with Crippen LogP contribution < -0.4 is 15.8 Å². The predicted octanol–water partition coefficient (Wildman–Crippen LogP) is 2.37. The molecule has 0 unspecified atom stereocenters. The molecule has 0 saturated heterocycles. The van der Waals surface area contributed by atoms with Gasteiger partial charge in [0, 0.05) is 11.1 Å². The van der Waals surface area contributed by atoms with Crippen LogP contribution in [-0.4, -0.2) is 24.1 Å². The van der Waals surface area contributed by atoms with Crippen LogP contribution in [0.15, 0.2) is 17.3 Å². The molecule has 1 amide bonds. The fourth-order valence-electron chi connectivity index (χ4n) is 1.45. The largest absolute Gasteiger partial charge is 0.495 e. The summed E-state index contributed by atoms with van der Waals surface area (Å²) in [6, 6.07) is 3.31. The van der Waals surface area contributed by atoms with Crippen molar-refractivity contribution in [2.75, 3.05) is 12.4 Å². The number of carbonyl (C=O) groups is 1. The molecule has 6 nitrogen and oxygen atoms in total. The molecular weight excluding hydrogens is 282 g/mol. The summed E-state index contributed by atoms with van der Waals surface area (Å²) in [6.45, 7) is 4.91. The molecule has 0 aliphatic heterocycles. The summed E-state index contributed by atoms with van der Waals surface area (Å²) in [5.41, 5.74) is 5.62. The minimum Gasteiger partial charge on any atom is -0.495 e. The molecule has 0 atom stereocenters. The molecule has 7 heteroatoms. The van der Waals surface area contributed by atoms with Crippen LogP contribution >= 0.6 is 11.6 Å². The van der Waals surface area contributed by atoms with E-state index in [0.717, 1.165) is 5.56 Å². The lowest BCUT2D eigenvalue weighted by Crippen LogP contribution is -2.42. The Morgan fingerprint density at radius 2 is 2.10 bits per heavy atom. The lowest BCUT2D eigenvalue weighted by atomic mass is 9.91. The highest BCUT2D eigenvalue weighted by Crippen LogP contribution is 2.32. The molecule has 1 rings (SSSR count). The predicted molar refractivity (Wildman–Crippen MR) is 78.6 cm³/mol. The number of carbonyl (C=O) groups excluding carboxylic acids is 1. The number of oxime groups is 1. The maximum absolute atomic E-state index is 12.2. The van der Waals surface area contributed by atoms with Gasteiger partial charge in [-0.05, 0) is 32.4 Å². The van der Waals surface area contributed by atoms with Gasteiger partial charge in [-0.3, -0.25) is 4.79 Å². The number of aryl methyl sites for hydroxylation is 1. The van der Waals surface area contributed by atoms with E-state index in [-0.39, 0.29) is 5.84 Å². The Kier molecular flexibility index (Phi) is 4.83. The lowest BCUT2D eigenvalue weighted by Gasteiger charge is -2.22. The zero-order valence-corrected chi connectivity index (χ0v) is 12.6. The van der Waals surface area contributed by atoms with Crippen molar-refractivity contribution < 1.29 is 14.7 Å². The summed E-state index contributed by atoms with van der Waals surface area (Å²) in [5.74, 6) is -0.170. The number of nitrogens with zero attached hydrogens (tertiary/aromatic N) is 1. The van der Waals surface area contributed by atoms with Crippen LogP contribution in [0.1, 0.15) is 19.4 Å². The van der Waals surface area contributed by atoms with E-state index in [1.54, 1.807) is 26.0 Å². The molecule has 1 aromatic rings. The molecule has 110 valence electrons. The van der Waals surface area contributed by atoms with E-state index in [4.69, 9.17) is 27.3 Å². The maximum Gasteiger partial charge on any atom is 0.237 e. The number of anilines is 1. The van der Waals surface area contributed by atoms with E-state index >= 15 is 0 Å². The van der Waals surface area contributed by atoms with Gasteiger partial charge in [-0.2, -0.15) is 0 Å². The van der Waals surface area contributed by atoms with Crippen molar-refractivity contribution >= 4 is 29.0 Å². The highest BCUT2D eigenvalue weighted by atomic mass is 35.5. The second-order valence-corrected chi connectivity index (χ2v) is 5.27. The number of methoxy groups -OCH3 is 1. The van der Waals surface area contributed by atoms with Gasteiger partial charge in [0.2, 0.25) is 5.91 Å². The Balaban J connectivity index is 3.11. The van der Waals surface area contributed by atoms with Crippen LogP contribution in [-0.2, 0) is 4.79 Å². The van der Waals surface area contributed by atoms with Crippen LogP contribution in [0, 0.1) is 12.3 Å². The van der Waals surface area contributed by atoms with Gasteiger partial charge in [-0.15, -0.1) is 0 Å². The number of amidine groups is 1. The monoisotopic (exact) mass is 299 g/mol. The molecule has 20 heavy (non-hydrogen) atoms. The number of halogens is 1. The zero-order valence-electron chi connectivity index (χ0n) is 11.8. The number of ether oxygens (including phenoxy) is 1. The average molecular weight is 300 g/mol. The number of nitrogens with one attached hydrogen (secondary N) is 1. The number of benzene rings is 1. The molecule has 0 aliphatic carbocycles. The van der Waals surface area contributed by atoms with Crippen LogP contribution in [0.5, 0.6) is 5.75 Å². The zero-order chi connectivity index (χ0) is 15.5. The van der Waals surface area contributed by atoms with Crippen molar-refractivity contribution in [3.63, 3.8) is 0 Å². The summed E-state index contributed by atoms with van der Waals surface area (Å²) >= 11 is 6.00. The first kappa shape index (κ1) is 16.1. The molecule has 1 aromatic carbocycles. The van der Waals surface area contributed by atoms with Crippen molar-refractivity contribution in [1.82, 2.24) is 0 Å². The number of hydrogen-bond donors (Lipinski definition) is 3. The van der Waals surface area contributed by atoms with E-state index in [0.29, 0.717) is 16.5 Å². The van der Waals surface area contributed by atoms with Crippen LogP contribution in [0.2, 0.25) is 5.02 Å². The highest BCUT2D eigenvalue weighted by Gasteiger charge is 2.33. The first-order chi connectivity index (χ1) is 9.23. The van der Waals surface area contributed by atoms with Gasteiger partial charge < -0.3 is 21.0 Å². The Labute approximate surface area is 122 Å². The molecule has 0 bridgehead atoms. The van der Waals surface area contributed by atoms with Crippen molar-refractivity contribution in [3.8, 4) is 5.75 Å². The van der Waals surface area contributed by atoms with Gasteiger partial charge >= 0.3 is 0 Å². The first-order valence-corrected chi connectivity index (χ1v) is 6.25. The van der Waals surface area contributed by atoms with Gasteiger partial charge in [0.05, 0.1) is 12.8 Å².